The lowest BCUT2D eigenvalue weighted by Crippen LogP contribution is -2.41. The predicted octanol–water partition coefficient (Wildman–Crippen LogP) is 5.45. The topological polar surface area (TPSA) is 78.5 Å². The first-order chi connectivity index (χ1) is 15.6. The first-order valence-electron chi connectivity index (χ1n) is 11.2. The van der Waals surface area contributed by atoms with Gasteiger partial charge >= 0.3 is 0 Å². The molecule has 0 bridgehead atoms. The van der Waals surface area contributed by atoms with Crippen LogP contribution in [0.4, 0.5) is 16.2 Å². The van der Waals surface area contributed by atoms with E-state index in [9.17, 15) is 14.4 Å². The second-order valence-electron chi connectivity index (χ2n) is 9.07. The number of rotatable bonds is 5. The molecule has 2 aromatic carbocycles. The zero-order valence-corrected chi connectivity index (χ0v) is 20.5. The maximum atomic E-state index is 12.8. The number of amides is 3. The van der Waals surface area contributed by atoms with Crippen LogP contribution < -0.4 is 15.5 Å². The molecule has 0 radical (unpaired) electrons. The van der Waals surface area contributed by atoms with E-state index >= 15 is 0 Å². The maximum Gasteiger partial charge on any atom is 0.290 e. The summed E-state index contributed by atoms with van der Waals surface area (Å²) in [6.07, 6.45) is 2.24. The summed E-state index contributed by atoms with van der Waals surface area (Å²) in [6, 6.07) is 10.3. The van der Waals surface area contributed by atoms with Crippen molar-refractivity contribution in [1.29, 1.82) is 0 Å². The molecule has 1 fully saturated rings. The zero-order chi connectivity index (χ0) is 23.9. The van der Waals surface area contributed by atoms with Crippen molar-refractivity contribution in [2.75, 3.05) is 23.3 Å². The van der Waals surface area contributed by atoms with Crippen molar-refractivity contribution in [3.8, 4) is 11.1 Å². The summed E-state index contributed by atoms with van der Waals surface area (Å²) >= 11 is 0.911. The molecule has 2 N–H and O–H groups in total. The number of fused-ring (bicyclic) bond motifs is 1. The molecule has 2 aromatic rings. The number of hydrogen-bond donors (Lipinski definition) is 2. The van der Waals surface area contributed by atoms with E-state index in [0.29, 0.717) is 17.9 Å². The molecule has 2 aliphatic heterocycles. The Morgan fingerprint density at radius 2 is 1.88 bits per heavy atom. The molecule has 2 heterocycles. The lowest BCUT2D eigenvalue weighted by atomic mass is 9.75. The van der Waals surface area contributed by atoms with Gasteiger partial charge in [-0.05, 0) is 79.1 Å². The molecule has 3 amide bonds. The number of benzene rings is 2. The van der Waals surface area contributed by atoms with Crippen molar-refractivity contribution in [2.45, 2.75) is 46.5 Å². The van der Waals surface area contributed by atoms with Crippen molar-refractivity contribution < 1.29 is 14.4 Å². The first kappa shape index (κ1) is 23.1. The zero-order valence-electron chi connectivity index (χ0n) is 19.7. The summed E-state index contributed by atoms with van der Waals surface area (Å²) in [5.74, 6) is -0.226. The molecule has 4 rings (SSSR count). The van der Waals surface area contributed by atoms with Crippen LogP contribution in [-0.2, 0) is 15.0 Å². The average molecular weight is 464 g/mol. The smallest absolute Gasteiger partial charge is 0.290 e. The second-order valence-corrected chi connectivity index (χ2v) is 10.1. The highest BCUT2D eigenvalue weighted by molar-refractivity contribution is 8.18. The van der Waals surface area contributed by atoms with Gasteiger partial charge in [0.2, 0.25) is 5.91 Å². The molecule has 7 heteroatoms. The Hall–Kier alpha value is -3.06. The molecule has 0 aromatic heterocycles. The normalized spacial score (nSPS) is 18.5. The Kier molecular flexibility index (Phi) is 6.10. The van der Waals surface area contributed by atoms with Gasteiger partial charge in [0.15, 0.2) is 0 Å². The van der Waals surface area contributed by atoms with E-state index < -0.39 is 0 Å². The average Bonchev–Trinajstić information content (AvgIpc) is 3.06. The fourth-order valence-electron chi connectivity index (χ4n) is 4.59. The Labute approximate surface area is 198 Å². The van der Waals surface area contributed by atoms with Crippen molar-refractivity contribution in [2.24, 2.45) is 0 Å². The van der Waals surface area contributed by atoms with Crippen molar-refractivity contribution in [1.82, 2.24) is 5.32 Å². The van der Waals surface area contributed by atoms with Gasteiger partial charge in [0, 0.05) is 41.9 Å². The third-order valence-electron chi connectivity index (χ3n) is 6.21. The summed E-state index contributed by atoms with van der Waals surface area (Å²) in [5, 5.41) is 5.37. The number of carbonyl (C=O) groups is 3. The number of nitrogens with zero attached hydrogens (tertiary/aromatic N) is 1. The molecule has 0 unspecified atom stereocenters. The van der Waals surface area contributed by atoms with E-state index in [1.165, 1.54) is 5.56 Å². The molecule has 172 valence electrons. The third-order valence-corrected chi connectivity index (χ3v) is 7.02. The molecular formula is C26H29N3O3S. The largest absolute Gasteiger partial charge is 0.385 e. The molecule has 0 aliphatic carbocycles. The highest BCUT2D eigenvalue weighted by atomic mass is 32.2. The molecule has 1 saturated heterocycles. The van der Waals surface area contributed by atoms with Crippen molar-refractivity contribution in [3.63, 3.8) is 0 Å². The van der Waals surface area contributed by atoms with Crippen molar-refractivity contribution in [3.05, 3.63) is 51.9 Å². The van der Waals surface area contributed by atoms with Crippen LogP contribution in [0.5, 0.6) is 0 Å². The molecule has 2 aliphatic rings. The Balaban J connectivity index is 1.88. The highest BCUT2D eigenvalue weighted by Gasteiger charge is 2.36. The minimum Gasteiger partial charge on any atom is -0.385 e. The summed E-state index contributed by atoms with van der Waals surface area (Å²) in [4.78, 5) is 38.7. The molecule has 0 spiro atoms. The Morgan fingerprint density at radius 1 is 1.12 bits per heavy atom. The SMILES string of the molecule is CCNc1ccc(/C=C2\SC(=O)NC2=O)cc1-c1cc2c(cc1C)C(C)(C)CC(=O)N2CC. The van der Waals surface area contributed by atoms with Crippen LogP contribution >= 0.6 is 11.8 Å². The molecule has 0 atom stereocenters. The van der Waals surface area contributed by atoms with Gasteiger partial charge in [-0.25, -0.2) is 0 Å². The summed E-state index contributed by atoms with van der Waals surface area (Å²) in [7, 11) is 0. The highest BCUT2D eigenvalue weighted by Crippen LogP contribution is 2.44. The van der Waals surface area contributed by atoms with Gasteiger partial charge < -0.3 is 10.2 Å². The standard InChI is InChI=1S/C26H29N3O3S/c1-6-27-20-9-8-16(12-22-24(31)28-25(32)33-22)11-18(20)17-13-21-19(10-15(17)3)26(4,5)14-23(30)29(21)7-2/h8-13,27H,6-7,14H2,1-5H3,(H,28,31,32)/b22-12-. The maximum absolute atomic E-state index is 12.8. The predicted molar refractivity (Wildman–Crippen MR) is 136 cm³/mol. The number of anilines is 2. The van der Waals surface area contributed by atoms with Gasteiger partial charge in [0.25, 0.3) is 11.1 Å². The van der Waals surface area contributed by atoms with Gasteiger partial charge in [-0.2, -0.15) is 0 Å². The molecule has 6 nitrogen and oxygen atoms in total. The van der Waals surface area contributed by atoms with Crippen LogP contribution in [0.3, 0.4) is 0 Å². The van der Waals surface area contributed by atoms with E-state index in [0.717, 1.165) is 51.9 Å². The van der Waals surface area contributed by atoms with E-state index in [4.69, 9.17) is 0 Å². The Bertz CT molecular complexity index is 1200. The molecule has 33 heavy (non-hydrogen) atoms. The van der Waals surface area contributed by atoms with Crippen LogP contribution in [0, 0.1) is 6.92 Å². The number of imide groups is 1. The van der Waals surface area contributed by atoms with Gasteiger partial charge in [-0.15, -0.1) is 0 Å². The Morgan fingerprint density at radius 3 is 2.52 bits per heavy atom. The van der Waals surface area contributed by atoms with Crippen LogP contribution in [0.1, 0.15) is 50.8 Å². The van der Waals surface area contributed by atoms with E-state index in [2.05, 4.69) is 43.5 Å². The summed E-state index contributed by atoms with van der Waals surface area (Å²) in [5.41, 5.74) is 6.89. The monoisotopic (exact) mass is 463 g/mol. The number of hydrogen-bond acceptors (Lipinski definition) is 5. The first-order valence-corrected chi connectivity index (χ1v) is 12.0. The van der Waals surface area contributed by atoms with Gasteiger partial charge in [0.05, 0.1) is 4.91 Å². The molecular weight excluding hydrogens is 434 g/mol. The number of thioether (sulfide) groups is 1. The van der Waals surface area contributed by atoms with Crippen LogP contribution in [0.25, 0.3) is 17.2 Å². The lowest BCUT2D eigenvalue weighted by molar-refractivity contribution is -0.120. The van der Waals surface area contributed by atoms with Crippen LogP contribution in [-0.4, -0.2) is 30.1 Å². The van der Waals surface area contributed by atoms with Gasteiger partial charge in [-0.3, -0.25) is 19.7 Å². The molecule has 0 saturated carbocycles. The number of carbonyl (C=O) groups excluding carboxylic acids is 3. The quantitative estimate of drug-likeness (QED) is 0.577. The fourth-order valence-corrected chi connectivity index (χ4v) is 5.28. The van der Waals surface area contributed by atoms with E-state index in [1.54, 1.807) is 6.08 Å². The fraction of sp³-hybridized carbons (Fsp3) is 0.346. The minimum atomic E-state index is -0.369. The van der Waals surface area contributed by atoms with Crippen molar-refractivity contribution >= 4 is 46.3 Å². The third kappa shape index (κ3) is 4.29. The second kappa shape index (κ2) is 8.71. The summed E-state index contributed by atoms with van der Waals surface area (Å²) < 4.78 is 0. The van der Waals surface area contributed by atoms with Crippen LogP contribution in [0.15, 0.2) is 35.2 Å². The number of aryl methyl sites for hydroxylation is 1. The van der Waals surface area contributed by atoms with E-state index in [-0.39, 0.29) is 22.5 Å². The summed E-state index contributed by atoms with van der Waals surface area (Å²) in [6.45, 7) is 11.8. The number of nitrogens with one attached hydrogen (secondary N) is 2. The van der Waals surface area contributed by atoms with Gasteiger partial charge in [-0.1, -0.05) is 26.0 Å². The van der Waals surface area contributed by atoms with Crippen LogP contribution in [0.2, 0.25) is 0 Å². The minimum absolute atomic E-state index is 0.143. The van der Waals surface area contributed by atoms with Gasteiger partial charge in [0.1, 0.15) is 0 Å². The van der Waals surface area contributed by atoms with E-state index in [1.807, 2.05) is 36.9 Å². The lowest BCUT2D eigenvalue weighted by Gasteiger charge is -2.39.